The Hall–Kier alpha value is 0.185. The number of rotatable bonds is 3. The highest BCUT2D eigenvalue weighted by Crippen LogP contribution is 2.11. The lowest BCUT2D eigenvalue weighted by atomic mass is 9.92. The van der Waals surface area contributed by atoms with Crippen molar-refractivity contribution in [3.05, 3.63) is 0 Å². The highest BCUT2D eigenvalue weighted by Gasteiger charge is 2.21. The highest BCUT2D eigenvalue weighted by atomic mass is 35.5. The van der Waals surface area contributed by atoms with Gasteiger partial charge in [-0.15, -0.1) is 0 Å². The van der Waals surface area contributed by atoms with Crippen LogP contribution < -0.4 is 43.0 Å². The van der Waals surface area contributed by atoms with E-state index in [0.29, 0.717) is 5.54 Å². The first-order chi connectivity index (χ1) is 9.68. The quantitative estimate of drug-likeness (QED) is 0.315. The van der Waals surface area contributed by atoms with Crippen molar-refractivity contribution in [2.75, 3.05) is 0 Å². The van der Waals surface area contributed by atoms with E-state index < -0.39 is 21.8 Å². The minimum Gasteiger partial charge on any atom is -1.00 e. The van der Waals surface area contributed by atoms with Crippen LogP contribution in [0.5, 0.6) is 0 Å². The van der Waals surface area contributed by atoms with Gasteiger partial charge in [0.05, 0.1) is 5.54 Å². The van der Waals surface area contributed by atoms with Crippen LogP contribution in [0.3, 0.4) is 0 Å². The predicted octanol–water partition coefficient (Wildman–Crippen LogP) is -3.89. The van der Waals surface area contributed by atoms with Crippen molar-refractivity contribution < 1.29 is 94.7 Å². The van der Waals surface area contributed by atoms with E-state index in [1.807, 2.05) is 0 Å². The fourth-order valence-corrected chi connectivity index (χ4v) is 0.750. The van der Waals surface area contributed by atoms with Gasteiger partial charge in [-0.25, -0.2) is 0 Å². The van der Waals surface area contributed by atoms with Crippen molar-refractivity contribution in [2.24, 2.45) is 0 Å². The number of hydrogen-bond donors (Lipinski definition) is 1. The fourth-order valence-electron chi connectivity index (χ4n) is 0.750. The van der Waals surface area contributed by atoms with E-state index in [-0.39, 0.29) is 37.2 Å². The molecule has 0 rings (SSSR count). The molecule has 0 saturated heterocycles. The van der Waals surface area contributed by atoms with Crippen LogP contribution in [0.2, 0.25) is 0 Å². The summed E-state index contributed by atoms with van der Waals surface area (Å²) in [7, 11) is -18.0. The maximum atomic E-state index is 9.75. The zero-order chi connectivity index (χ0) is 20.1. The highest BCUT2D eigenvalue weighted by molar-refractivity contribution is 6.50. The average molecular weight is 483 g/mol. The van der Waals surface area contributed by atoms with E-state index >= 15 is 0 Å². The number of halogens is 15. The minimum absolute atomic E-state index is 0. The summed E-state index contributed by atoms with van der Waals surface area (Å²) in [5.74, 6) is 0. The van der Waals surface area contributed by atoms with Gasteiger partial charge >= 0.3 is 21.8 Å². The molecule has 0 bridgehead atoms. The van der Waals surface area contributed by atoms with Crippen molar-refractivity contribution in [3.8, 4) is 0 Å². The fraction of sp³-hybridized carbons (Fsp3) is 1.00. The molecule has 0 atom stereocenters. The Morgan fingerprint density at radius 3 is 0.577 bits per heavy atom. The zero-order valence-corrected chi connectivity index (χ0v) is 16.0. The Bertz CT molecular complexity index is 217. The van der Waals surface area contributed by atoms with Crippen LogP contribution >= 0.6 is 0 Å². The summed E-state index contributed by atoms with van der Waals surface area (Å²) in [5, 5.41) is 0. The molecule has 0 heterocycles. The third-order valence-corrected chi connectivity index (χ3v) is 2.25. The molecule has 0 saturated carbocycles. The standard InChI is InChI=1S/C7H17N.3BF4.3ClH/c1-4-7(8,5-2)6-3;3*2-1(3,4)5;;;/h4-6,8H2,1-3H3;;;;3*1H/q;3*-1;;;/p-2. The van der Waals surface area contributed by atoms with E-state index in [1.54, 1.807) is 0 Å². The summed E-state index contributed by atoms with van der Waals surface area (Å²) in [6, 6.07) is 0. The molecule has 0 aromatic rings. The van der Waals surface area contributed by atoms with Gasteiger partial charge in [-0.3, -0.25) is 0 Å². The van der Waals surface area contributed by atoms with Crippen LogP contribution in [0.15, 0.2) is 0 Å². The minimum atomic E-state index is -6.00. The van der Waals surface area contributed by atoms with Gasteiger partial charge in [0.25, 0.3) is 0 Å². The number of hydrogen-bond acceptors (Lipinski definition) is 0. The molecule has 3 N–H and O–H groups in total. The summed E-state index contributed by atoms with van der Waals surface area (Å²) in [6.45, 7) is 6.62. The molecular weight excluding hydrogens is 465 g/mol. The average Bonchev–Trinajstić information content (AvgIpc) is 2.21. The molecule has 0 fully saturated rings. The Morgan fingerprint density at radius 1 is 0.500 bits per heavy atom. The summed E-state index contributed by atoms with van der Waals surface area (Å²) >= 11 is 0. The molecule has 170 valence electrons. The summed E-state index contributed by atoms with van der Waals surface area (Å²) in [5.41, 5.74) is 4.50. The molecular formula is C7H18B3Cl3F12N-5. The Labute approximate surface area is 162 Å². The maximum absolute atomic E-state index is 9.75. The molecule has 0 aromatic heterocycles. The van der Waals surface area contributed by atoms with Gasteiger partial charge in [-0.2, -0.15) is 0 Å². The molecule has 0 spiro atoms. The van der Waals surface area contributed by atoms with Crippen LogP contribution in [0.4, 0.5) is 51.8 Å². The monoisotopic (exact) mass is 482 g/mol. The second kappa shape index (κ2) is 19.9. The largest absolute Gasteiger partial charge is 1.00 e. The van der Waals surface area contributed by atoms with Crippen molar-refractivity contribution in [1.29, 1.82) is 0 Å². The van der Waals surface area contributed by atoms with Crippen molar-refractivity contribution >= 4 is 21.8 Å². The van der Waals surface area contributed by atoms with E-state index in [0.717, 1.165) is 0 Å². The Balaban J connectivity index is -0.0000000365. The topological polar surface area (TPSA) is 27.6 Å². The van der Waals surface area contributed by atoms with E-state index in [1.165, 1.54) is 19.3 Å². The van der Waals surface area contributed by atoms with Gasteiger partial charge in [0.1, 0.15) is 0 Å². The van der Waals surface area contributed by atoms with Crippen molar-refractivity contribution in [3.63, 3.8) is 0 Å². The van der Waals surface area contributed by atoms with Crippen LogP contribution in [-0.2, 0) is 0 Å². The van der Waals surface area contributed by atoms with E-state index in [9.17, 15) is 51.8 Å². The molecule has 0 amide bonds. The molecule has 0 aliphatic rings. The molecule has 19 heteroatoms. The Morgan fingerprint density at radius 2 is 0.577 bits per heavy atom. The lowest BCUT2D eigenvalue weighted by molar-refractivity contribution is -0.480. The van der Waals surface area contributed by atoms with Gasteiger partial charge in [0.2, 0.25) is 0 Å². The van der Waals surface area contributed by atoms with Crippen LogP contribution in [0.25, 0.3) is 0 Å². The lowest BCUT2D eigenvalue weighted by Crippen LogP contribution is -3.00. The molecule has 0 radical (unpaired) electrons. The third-order valence-electron chi connectivity index (χ3n) is 2.25. The van der Waals surface area contributed by atoms with Crippen molar-refractivity contribution in [1.82, 2.24) is 0 Å². The smallest absolute Gasteiger partial charge is 0.673 e. The predicted molar refractivity (Wildman–Crippen MR) is 67.1 cm³/mol. The second-order valence-electron chi connectivity index (χ2n) is 4.05. The van der Waals surface area contributed by atoms with Crippen LogP contribution in [0, 0.1) is 0 Å². The summed E-state index contributed by atoms with van der Waals surface area (Å²) in [6.07, 6.45) is 3.63. The normalized spacial score (nSPS) is 10.6. The number of quaternary nitrogens is 1. The lowest BCUT2D eigenvalue weighted by Gasteiger charge is -2.19. The molecule has 26 heavy (non-hydrogen) atoms. The maximum Gasteiger partial charge on any atom is 0.673 e. The van der Waals surface area contributed by atoms with Gasteiger partial charge in [-0.05, 0) is 19.3 Å². The SMILES string of the molecule is CCC([NH3+])(CC)CC.F[B-](F)(F)F.F[B-](F)(F)F.F[B-](F)(F)F.[Cl-].[Cl-].[Cl-]. The molecule has 1 nitrogen and oxygen atoms in total. The van der Waals surface area contributed by atoms with Crippen molar-refractivity contribution in [2.45, 2.75) is 45.6 Å². The van der Waals surface area contributed by atoms with Gasteiger partial charge < -0.3 is 94.7 Å². The molecule has 0 aliphatic carbocycles. The third kappa shape index (κ3) is 154. The first-order valence-electron chi connectivity index (χ1n) is 6.15. The summed E-state index contributed by atoms with van der Waals surface area (Å²) in [4.78, 5) is 0. The summed E-state index contributed by atoms with van der Waals surface area (Å²) < 4.78 is 117. The first kappa shape index (κ1) is 45.1. The molecule has 0 unspecified atom stereocenters. The zero-order valence-electron chi connectivity index (χ0n) is 13.7. The molecule has 0 aromatic carbocycles. The second-order valence-corrected chi connectivity index (χ2v) is 4.05. The first-order valence-corrected chi connectivity index (χ1v) is 6.15. The Kier molecular flexibility index (Phi) is 34.6. The van der Waals surface area contributed by atoms with Gasteiger partial charge in [-0.1, -0.05) is 20.8 Å². The van der Waals surface area contributed by atoms with E-state index in [2.05, 4.69) is 26.5 Å². The van der Waals surface area contributed by atoms with Crippen LogP contribution in [-0.4, -0.2) is 27.3 Å². The van der Waals surface area contributed by atoms with E-state index in [4.69, 9.17) is 0 Å². The van der Waals surface area contributed by atoms with Crippen LogP contribution in [0.1, 0.15) is 40.0 Å². The van der Waals surface area contributed by atoms with Gasteiger partial charge in [0.15, 0.2) is 0 Å². The molecule has 0 aliphatic heterocycles. The van der Waals surface area contributed by atoms with Gasteiger partial charge in [0, 0.05) is 0 Å².